The van der Waals surface area contributed by atoms with Crippen molar-refractivity contribution < 1.29 is 18.7 Å². The third-order valence-electron chi connectivity index (χ3n) is 1.92. The molecule has 2 nitrogen and oxygen atoms in total. The summed E-state index contributed by atoms with van der Waals surface area (Å²) < 4.78 is 25.6. The Hall–Kier alpha value is -1.71. The molecule has 80 valence electrons. The van der Waals surface area contributed by atoms with Crippen molar-refractivity contribution in [1.29, 1.82) is 0 Å². The fraction of sp³-hybridized carbons (Fsp3) is 0.182. The van der Waals surface area contributed by atoms with Gasteiger partial charge < -0.3 is 5.11 Å². The van der Waals surface area contributed by atoms with Gasteiger partial charge in [-0.25, -0.2) is 9.18 Å². The molecule has 0 amide bonds. The number of hydrogen-bond acceptors (Lipinski definition) is 1. The first-order valence-electron chi connectivity index (χ1n) is 4.33. The molecule has 0 spiro atoms. The summed E-state index contributed by atoms with van der Waals surface area (Å²) in [5, 5.41) is 8.38. The first-order chi connectivity index (χ1) is 7.00. The van der Waals surface area contributed by atoms with E-state index < -0.39 is 17.6 Å². The zero-order valence-corrected chi connectivity index (χ0v) is 8.13. The lowest BCUT2D eigenvalue weighted by Crippen LogP contribution is -2.00. The van der Waals surface area contributed by atoms with Crippen LogP contribution >= 0.6 is 0 Å². The van der Waals surface area contributed by atoms with Crippen LogP contribution in [0.3, 0.4) is 0 Å². The molecule has 0 radical (unpaired) electrons. The topological polar surface area (TPSA) is 37.3 Å². The standard InChI is InChI=1S/C11H10F2O2/c1-7(10(13)11(14)15)5-8-3-2-4-9(12)6-8/h2-4,6H,5H2,1H3,(H,14,15)/b10-7-. The highest BCUT2D eigenvalue weighted by molar-refractivity contribution is 5.84. The van der Waals surface area contributed by atoms with Crippen LogP contribution in [0.4, 0.5) is 8.78 Å². The monoisotopic (exact) mass is 212 g/mol. The van der Waals surface area contributed by atoms with Crippen LogP contribution in [0.2, 0.25) is 0 Å². The van der Waals surface area contributed by atoms with Crippen molar-refractivity contribution >= 4 is 5.97 Å². The fourth-order valence-corrected chi connectivity index (χ4v) is 1.21. The van der Waals surface area contributed by atoms with Crippen molar-refractivity contribution in [3.63, 3.8) is 0 Å². The summed E-state index contributed by atoms with van der Waals surface area (Å²) in [5.74, 6) is -3.20. The fourth-order valence-electron chi connectivity index (χ4n) is 1.21. The second kappa shape index (κ2) is 4.68. The van der Waals surface area contributed by atoms with E-state index in [-0.39, 0.29) is 12.0 Å². The molecular formula is C11H10F2O2. The van der Waals surface area contributed by atoms with Gasteiger partial charge in [0.25, 0.3) is 0 Å². The van der Waals surface area contributed by atoms with E-state index >= 15 is 0 Å². The van der Waals surface area contributed by atoms with Crippen LogP contribution in [0.15, 0.2) is 35.7 Å². The maximum absolute atomic E-state index is 12.9. The van der Waals surface area contributed by atoms with Gasteiger partial charge in [-0.2, -0.15) is 4.39 Å². The second-order valence-corrected chi connectivity index (χ2v) is 3.21. The molecule has 0 bridgehead atoms. The molecule has 1 rings (SSSR count). The molecule has 0 aliphatic carbocycles. The van der Waals surface area contributed by atoms with E-state index in [0.717, 1.165) is 0 Å². The average molecular weight is 212 g/mol. The smallest absolute Gasteiger partial charge is 0.364 e. The van der Waals surface area contributed by atoms with E-state index in [2.05, 4.69) is 0 Å². The summed E-state index contributed by atoms with van der Waals surface area (Å²) in [6.07, 6.45) is 0.0931. The summed E-state index contributed by atoms with van der Waals surface area (Å²) >= 11 is 0. The maximum Gasteiger partial charge on any atom is 0.364 e. The van der Waals surface area contributed by atoms with Gasteiger partial charge in [0.15, 0.2) is 0 Å². The quantitative estimate of drug-likeness (QED) is 0.782. The Bertz CT molecular complexity index is 411. The van der Waals surface area contributed by atoms with Gasteiger partial charge >= 0.3 is 5.97 Å². The highest BCUT2D eigenvalue weighted by Gasteiger charge is 2.10. The Kier molecular flexibility index (Phi) is 3.55. The van der Waals surface area contributed by atoms with Gasteiger partial charge in [-0.3, -0.25) is 0 Å². The van der Waals surface area contributed by atoms with Crippen molar-refractivity contribution in [3.05, 3.63) is 47.0 Å². The van der Waals surface area contributed by atoms with Crippen LogP contribution in [0, 0.1) is 5.82 Å². The zero-order chi connectivity index (χ0) is 11.4. The number of halogens is 2. The molecule has 1 aromatic carbocycles. The second-order valence-electron chi connectivity index (χ2n) is 3.21. The van der Waals surface area contributed by atoms with Gasteiger partial charge in [-0.15, -0.1) is 0 Å². The average Bonchev–Trinajstić information content (AvgIpc) is 2.16. The number of rotatable bonds is 3. The minimum Gasteiger partial charge on any atom is -0.476 e. The molecule has 0 aromatic heterocycles. The summed E-state index contributed by atoms with van der Waals surface area (Å²) in [7, 11) is 0. The predicted molar refractivity (Wildman–Crippen MR) is 51.5 cm³/mol. The molecule has 0 fully saturated rings. The molecule has 0 saturated carbocycles. The normalized spacial score (nSPS) is 12.2. The largest absolute Gasteiger partial charge is 0.476 e. The molecule has 0 aliphatic rings. The molecule has 0 aliphatic heterocycles. The lowest BCUT2D eigenvalue weighted by molar-refractivity contribution is -0.134. The number of carboxylic acid groups (broad SMARTS) is 1. The van der Waals surface area contributed by atoms with Crippen LogP contribution < -0.4 is 0 Å². The molecule has 15 heavy (non-hydrogen) atoms. The van der Waals surface area contributed by atoms with Gasteiger partial charge in [0.05, 0.1) is 0 Å². The van der Waals surface area contributed by atoms with Crippen molar-refractivity contribution in [3.8, 4) is 0 Å². The van der Waals surface area contributed by atoms with Gasteiger partial charge in [-0.1, -0.05) is 12.1 Å². The minimum atomic E-state index is -1.59. The van der Waals surface area contributed by atoms with Gasteiger partial charge in [0, 0.05) is 0 Å². The maximum atomic E-state index is 12.9. The Labute approximate surface area is 85.9 Å². The third-order valence-corrected chi connectivity index (χ3v) is 1.92. The highest BCUT2D eigenvalue weighted by atomic mass is 19.1. The Morgan fingerprint density at radius 2 is 2.13 bits per heavy atom. The molecule has 0 unspecified atom stereocenters. The lowest BCUT2D eigenvalue weighted by Gasteiger charge is -2.02. The SMILES string of the molecule is C/C(Cc1cccc(F)c1)=C(/F)C(=O)O. The van der Waals surface area contributed by atoms with E-state index in [1.54, 1.807) is 6.07 Å². The first kappa shape index (κ1) is 11.4. The van der Waals surface area contributed by atoms with Crippen molar-refractivity contribution in [2.24, 2.45) is 0 Å². The molecule has 0 atom stereocenters. The number of aliphatic carboxylic acids is 1. The zero-order valence-electron chi connectivity index (χ0n) is 8.13. The number of benzene rings is 1. The van der Waals surface area contributed by atoms with E-state index in [9.17, 15) is 13.6 Å². The van der Waals surface area contributed by atoms with E-state index in [1.165, 1.54) is 25.1 Å². The van der Waals surface area contributed by atoms with Crippen molar-refractivity contribution in [2.45, 2.75) is 13.3 Å². The first-order valence-corrected chi connectivity index (χ1v) is 4.33. The van der Waals surface area contributed by atoms with E-state index in [0.29, 0.717) is 5.56 Å². The Morgan fingerprint density at radius 1 is 1.47 bits per heavy atom. The molecular weight excluding hydrogens is 202 g/mol. The Morgan fingerprint density at radius 3 is 2.67 bits per heavy atom. The number of carbonyl (C=O) groups is 1. The highest BCUT2D eigenvalue weighted by Crippen LogP contribution is 2.14. The van der Waals surface area contributed by atoms with Crippen LogP contribution in [0.5, 0.6) is 0 Å². The van der Waals surface area contributed by atoms with Crippen LogP contribution in [0.25, 0.3) is 0 Å². The van der Waals surface area contributed by atoms with Gasteiger partial charge in [0.1, 0.15) is 5.82 Å². The molecule has 1 N–H and O–H groups in total. The summed E-state index contributed by atoms with van der Waals surface area (Å²) in [6.45, 7) is 1.37. The molecule has 0 heterocycles. The van der Waals surface area contributed by atoms with Crippen LogP contribution in [0.1, 0.15) is 12.5 Å². The third kappa shape index (κ3) is 3.16. The summed E-state index contributed by atoms with van der Waals surface area (Å²) in [6, 6.07) is 5.63. The van der Waals surface area contributed by atoms with Crippen LogP contribution in [-0.4, -0.2) is 11.1 Å². The number of carboxylic acids is 1. The minimum absolute atomic E-state index is 0.0769. The van der Waals surface area contributed by atoms with Gasteiger partial charge in [0.2, 0.25) is 5.83 Å². The predicted octanol–water partition coefficient (Wildman–Crippen LogP) is 2.70. The Balaban J connectivity index is 2.87. The molecule has 4 heteroatoms. The summed E-state index contributed by atoms with van der Waals surface area (Å²) in [5.41, 5.74) is 0.622. The number of allylic oxidation sites excluding steroid dienone is 1. The summed E-state index contributed by atoms with van der Waals surface area (Å²) in [4.78, 5) is 10.3. The molecule has 1 aromatic rings. The van der Waals surface area contributed by atoms with Crippen molar-refractivity contribution in [1.82, 2.24) is 0 Å². The van der Waals surface area contributed by atoms with Crippen LogP contribution in [-0.2, 0) is 11.2 Å². The van der Waals surface area contributed by atoms with Crippen molar-refractivity contribution in [2.75, 3.05) is 0 Å². The number of hydrogen-bond donors (Lipinski definition) is 1. The lowest BCUT2D eigenvalue weighted by atomic mass is 10.1. The molecule has 0 saturated heterocycles. The van der Waals surface area contributed by atoms with E-state index in [1.807, 2.05) is 0 Å². The van der Waals surface area contributed by atoms with E-state index in [4.69, 9.17) is 5.11 Å². The van der Waals surface area contributed by atoms with Gasteiger partial charge in [-0.05, 0) is 36.6 Å².